The lowest BCUT2D eigenvalue weighted by Gasteiger charge is -2.23. The van der Waals surface area contributed by atoms with Crippen LogP contribution in [0.25, 0.3) is 0 Å². The average molecular weight is 297 g/mol. The molecule has 9 heteroatoms. The van der Waals surface area contributed by atoms with Crippen LogP contribution in [0.2, 0.25) is 0 Å². The maximum Gasteiger partial charge on any atom is 0.471 e. The number of halogens is 3. The lowest BCUT2D eigenvalue weighted by atomic mass is 9.96. The summed E-state index contributed by atoms with van der Waals surface area (Å²) in [5.41, 5.74) is 0. The maximum absolute atomic E-state index is 12.2. The number of carbonyl (C=O) groups excluding carboxylic acids is 3. The van der Waals surface area contributed by atoms with Crippen molar-refractivity contribution in [2.45, 2.75) is 18.6 Å². The molecule has 0 aliphatic rings. The molecule has 0 bridgehead atoms. The van der Waals surface area contributed by atoms with Crippen molar-refractivity contribution >= 4 is 17.8 Å². The van der Waals surface area contributed by atoms with Crippen LogP contribution in [0.3, 0.4) is 0 Å². The normalized spacial score (nSPS) is 13.8. The molecular weight excluding hydrogens is 283 g/mol. The second kappa shape index (κ2) is 7.51. The zero-order chi connectivity index (χ0) is 15.9. The van der Waals surface area contributed by atoms with Crippen molar-refractivity contribution in [1.82, 2.24) is 5.32 Å². The van der Waals surface area contributed by atoms with Crippen LogP contribution in [0.1, 0.15) is 6.42 Å². The molecule has 0 fully saturated rings. The van der Waals surface area contributed by atoms with Crippen LogP contribution < -0.4 is 5.32 Å². The van der Waals surface area contributed by atoms with Gasteiger partial charge >= 0.3 is 24.0 Å². The highest BCUT2D eigenvalue weighted by atomic mass is 19.4. The molecule has 0 spiro atoms. The van der Waals surface area contributed by atoms with E-state index in [1.807, 2.05) is 0 Å². The molecule has 0 aliphatic carbocycles. The third kappa shape index (κ3) is 4.90. The number of alkyl halides is 3. The molecule has 0 aromatic carbocycles. The molecule has 6 nitrogen and oxygen atoms in total. The number of rotatable bonds is 6. The Hall–Kier alpha value is -2.06. The molecule has 2 atom stereocenters. The van der Waals surface area contributed by atoms with Crippen LogP contribution >= 0.6 is 0 Å². The number of allylic oxidation sites excluding steroid dienone is 1. The summed E-state index contributed by atoms with van der Waals surface area (Å²) in [5, 5.41) is 1.42. The SMILES string of the molecule is C=CC[C@H](C(=O)OC)[C@@H](NC(=O)C(F)(F)F)C(=O)OC. The zero-order valence-electron chi connectivity index (χ0n) is 10.8. The van der Waals surface area contributed by atoms with Gasteiger partial charge in [-0.05, 0) is 6.42 Å². The van der Waals surface area contributed by atoms with Crippen LogP contribution in [-0.2, 0) is 23.9 Å². The largest absolute Gasteiger partial charge is 0.471 e. The van der Waals surface area contributed by atoms with E-state index < -0.39 is 36.0 Å². The second-order valence-corrected chi connectivity index (χ2v) is 3.63. The fourth-order valence-corrected chi connectivity index (χ4v) is 1.37. The van der Waals surface area contributed by atoms with Crippen molar-refractivity contribution in [2.24, 2.45) is 5.92 Å². The highest BCUT2D eigenvalue weighted by Crippen LogP contribution is 2.18. The Balaban J connectivity index is 5.30. The number of hydrogen-bond donors (Lipinski definition) is 1. The summed E-state index contributed by atoms with van der Waals surface area (Å²) in [7, 11) is 1.91. The van der Waals surface area contributed by atoms with Crippen LogP contribution in [-0.4, -0.2) is 44.3 Å². The zero-order valence-corrected chi connectivity index (χ0v) is 10.8. The first kappa shape index (κ1) is 17.9. The molecule has 0 heterocycles. The van der Waals surface area contributed by atoms with Gasteiger partial charge < -0.3 is 14.8 Å². The molecule has 1 amide bonds. The number of amides is 1. The van der Waals surface area contributed by atoms with E-state index in [1.165, 1.54) is 11.4 Å². The number of ether oxygens (including phenoxy) is 2. The summed E-state index contributed by atoms with van der Waals surface area (Å²) in [6.07, 6.45) is -4.16. The molecule has 0 saturated heterocycles. The summed E-state index contributed by atoms with van der Waals surface area (Å²) >= 11 is 0. The fraction of sp³-hybridized carbons (Fsp3) is 0.545. The number of hydrogen-bond acceptors (Lipinski definition) is 5. The van der Waals surface area contributed by atoms with E-state index in [2.05, 4.69) is 16.1 Å². The van der Waals surface area contributed by atoms with E-state index in [0.717, 1.165) is 14.2 Å². The topological polar surface area (TPSA) is 81.7 Å². The van der Waals surface area contributed by atoms with E-state index in [1.54, 1.807) is 0 Å². The van der Waals surface area contributed by atoms with Crippen LogP contribution in [0.5, 0.6) is 0 Å². The summed E-state index contributed by atoms with van der Waals surface area (Å²) in [4.78, 5) is 33.8. The molecule has 1 N–H and O–H groups in total. The summed E-state index contributed by atoms with van der Waals surface area (Å²) in [6, 6.07) is -1.82. The predicted octanol–water partition coefficient (Wildman–Crippen LogP) is 0.572. The van der Waals surface area contributed by atoms with Gasteiger partial charge in [-0.3, -0.25) is 9.59 Å². The van der Waals surface area contributed by atoms with Gasteiger partial charge in [0.1, 0.15) is 6.04 Å². The van der Waals surface area contributed by atoms with Gasteiger partial charge in [0.05, 0.1) is 20.1 Å². The Morgan fingerprint density at radius 1 is 1.20 bits per heavy atom. The molecule has 114 valence electrons. The van der Waals surface area contributed by atoms with Crippen molar-refractivity contribution in [3.63, 3.8) is 0 Å². The Morgan fingerprint density at radius 2 is 1.70 bits per heavy atom. The molecule has 0 saturated carbocycles. The third-order valence-electron chi connectivity index (χ3n) is 2.33. The Kier molecular flexibility index (Phi) is 6.74. The van der Waals surface area contributed by atoms with Gasteiger partial charge in [0, 0.05) is 0 Å². The standard InChI is InChI=1S/C11H14F3NO5/c1-4-5-6(8(16)19-2)7(9(17)20-3)15-10(18)11(12,13)14/h4,6-7H,1,5H2,2-3H3,(H,15,18)/t6-,7+/m0/s1. The molecule has 0 aromatic heterocycles. The minimum Gasteiger partial charge on any atom is -0.469 e. The molecular formula is C11H14F3NO5. The number of esters is 2. The Bertz CT molecular complexity index is 394. The molecule has 0 aromatic rings. The molecule has 0 aliphatic heterocycles. The molecule has 20 heavy (non-hydrogen) atoms. The van der Waals surface area contributed by atoms with Gasteiger partial charge in [-0.2, -0.15) is 13.2 Å². The average Bonchev–Trinajstić information content (AvgIpc) is 2.39. The van der Waals surface area contributed by atoms with Gasteiger partial charge in [-0.15, -0.1) is 6.58 Å². The van der Waals surface area contributed by atoms with E-state index in [-0.39, 0.29) is 6.42 Å². The summed E-state index contributed by atoms with van der Waals surface area (Å²) in [5.74, 6) is -5.88. The smallest absolute Gasteiger partial charge is 0.469 e. The lowest BCUT2D eigenvalue weighted by molar-refractivity contribution is -0.177. The highest BCUT2D eigenvalue weighted by molar-refractivity contribution is 5.91. The minimum atomic E-state index is -5.19. The Morgan fingerprint density at radius 3 is 2.05 bits per heavy atom. The quantitative estimate of drug-likeness (QED) is 0.572. The fourth-order valence-electron chi connectivity index (χ4n) is 1.37. The summed E-state index contributed by atoms with van der Waals surface area (Å²) < 4.78 is 45.3. The van der Waals surface area contributed by atoms with E-state index >= 15 is 0 Å². The Labute approximate surface area is 112 Å². The van der Waals surface area contributed by atoms with Gasteiger partial charge in [0.2, 0.25) is 0 Å². The van der Waals surface area contributed by atoms with E-state index in [0.29, 0.717) is 0 Å². The van der Waals surface area contributed by atoms with Crippen molar-refractivity contribution in [3.8, 4) is 0 Å². The summed E-state index contributed by atoms with van der Waals surface area (Å²) in [6.45, 7) is 3.32. The first-order valence-corrected chi connectivity index (χ1v) is 5.33. The monoisotopic (exact) mass is 297 g/mol. The third-order valence-corrected chi connectivity index (χ3v) is 2.33. The van der Waals surface area contributed by atoms with Gasteiger partial charge in [0.25, 0.3) is 0 Å². The van der Waals surface area contributed by atoms with E-state index in [9.17, 15) is 27.6 Å². The van der Waals surface area contributed by atoms with Crippen LogP contribution in [0.15, 0.2) is 12.7 Å². The maximum atomic E-state index is 12.2. The number of carbonyl (C=O) groups is 3. The lowest BCUT2D eigenvalue weighted by Crippen LogP contribution is -2.52. The van der Waals surface area contributed by atoms with Gasteiger partial charge in [-0.1, -0.05) is 6.08 Å². The number of nitrogens with one attached hydrogen (secondary N) is 1. The first-order valence-electron chi connectivity index (χ1n) is 5.33. The first-order chi connectivity index (χ1) is 9.18. The van der Waals surface area contributed by atoms with Crippen molar-refractivity contribution in [2.75, 3.05) is 14.2 Å². The molecule has 0 radical (unpaired) electrons. The minimum absolute atomic E-state index is 0.176. The van der Waals surface area contributed by atoms with Crippen molar-refractivity contribution in [1.29, 1.82) is 0 Å². The molecule has 0 unspecified atom stereocenters. The van der Waals surface area contributed by atoms with E-state index in [4.69, 9.17) is 0 Å². The second-order valence-electron chi connectivity index (χ2n) is 3.63. The van der Waals surface area contributed by atoms with Crippen molar-refractivity contribution in [3.05, 3.63) is 12.7 Å². The number of methoxy groups -OCH3 is 2. The highest BCUT2D eigenvalue weighted by Gasteiger charge is 2.44. The van der Waals surface area contributed by atoms with Crippen LogP contribution in [0.4, 0.5) is 13.2 Å². The van der Waals surface area contributed by atoms with Gasteiger partial charge in [-0.25, -0.2) is 4.79 Å². The van der Waals surface area contributed by atoms with Crippen molar-refractivity contribution < 1.29 is 37.0 Å². The molecule has 0 rings (SSSR count). The van der Waals surface area contributed by atoms with Crippen LogP contribution in [0, 0.1) is 5.92 Å². The van der Waals surface area contributed by atoms with Gasteiger partial charge in [0.15, 0.2) is 0 Å². The predicted molar refractivity (Wildman–Crippen MR) is 60.3 cm³/mol.